The van der Waals surface area contributed by atoms with Gasteiger partial charge in [-0.15, -0.1) is 0 Å². The van der Waals surface area contributed by atoms with E-state index in [2.05, 4.69) is 4.98 Å². The first kappa shape index (κ1) is 12.8. The number of anilines is 1. The van der Waals surface area contributed by atoms with Gasteiger partial charge in [-0.1, -0.05) is 0 Å². The topological polar surface area (TPSA) is 78.0 Å². The Labute approximate surface area is 104 Å². The molecule has 18 heavy (non-hydrogen) atoms. The van der Waals surface area contributed by atoms with Crippen LogP contribution in [0.15, 0.2) is 12.1 Å². The first-order valence-electron chi connectivity index (χ1n) is 5.37. The molecule has 1 aromatic heterocycles. The summed E-state index contributed by atoms with van der Waals surface area (Å²) >= 11 is 0. The molecule has 2 aromatic rings. The molecular weight excluding hydrogens is 257 g/mol. The number of halogens is 1. The Kier molecular flexibility index (Phi) is 3.02. The average Bonchev–Trinajstić information content (AvgIpc) is 2.51. The molecule has 0 atom stereocenters. The minimum absolute atomic E-state index is 0.0287. The predicted octanol–water partition coefficient (Wildman–Crippen LogP) is 1.11. The third kappa shape index (κ3) is 2.45. The molecule has 0 spiro atoms. The summed E-state index contributed by atoms with van der Waals surface area (Å²) in [5, 5.41) is 0. The minimum atomic E-state index is -3.08. The molecule has 0 unspecified atom stereocenters. The van der Waals surface area contributed by atoms with E-state index >= 15 is 0 Å². The van der Waals surface area contributed by atoms with Crippen molar-refractivity contribution < 1.29 is 12.8 Å². The fraction of sp³-hybridized carbons (Fsp3) is 0.364. The normalized spacial score (nSPS) is 12.2. The first-order chi connectivity index (χ1) is 8.28. The van der Waals surface area contributed by atoms with E-state index in [0.717, 1.165) is 6.26 Å². The van der Waals surface area contributed by atoms with Crippen molar-refractivity contribution in [3.8, 4) is 0 Å². The molecule has 0 radical (unpaired) electrons. The van der Waals surface area contributed by atoms with E-state index in [1.807, 2.05) is 0 Å². The Balaban J connectivity index is 2.50. The number of hydrogen-bond donors (Lipinski definition) is 1. The van der Waals surface area contributed by atoms with Crippen molar-refractivity contribution in [1.82, 2.24) is 9.55 Å². The quantitative estimate of drug-likeness (QED) is 0.907. The lowest BCUT2D eigenvalue weighted by molar-refractivity contribution is 0.596. The summed E-state index contributed by atoms with van der Waals surface area (Å²) in [5.74, 6) is -0.187. The third-order valence-corrected chi connectivity index (χ3v) is 3.67. The summed E-state index contributed by atoms with van der Waals surface area (Å²) in [6.45, 7) is 1.85. The monoisotopic (exact) mass is 271 g/mol. The number of hydrogen-bond acceptors (Lipinski definition) is 4. The summed E-state index contributed by atoms with van der Waals surface area (Å²) in [6.07, 6.45) is 1.16. The Hall–Kier alpha value is -1.63. The number of aryl methyl sites for hydroxylation is 2. The van der Waals surface area contributed by atoms with Crippen molar-refractivity contribution in [2.24, 2.45) is 0 Å². The molecule has 0 saturated heterocycles. The number of nitrogen functional groups attached to an aromatic ring is 1. The number of imidazole rings is 1. The van der Waals surface area contributed by atoms with E-state index in [-0.39, 0.29) is 24.1 Å². The Morgan fingerprint density at radius 2 is 2.11 bits per heavy atom. The smallest absolute Gasteiger partial charge is 0.201 e. The van der Waals surface area contributed by atoms with Crippen LogP contribution in [0.3, 0.4) is 0 Å². The van der Waals surface area contributed by atoms with Crippen molar-refractivity contribution in [2.75, 3.05) is 17.7 Å². The standard InChI is InChI=1S/C11H14FN3O2S/c1-7-5-10-9(6-8(7)12)14-11(13)15(10)3-4-18(2,16)17/h5-6H,3-4H2,1-2H3,(H2,13,14). The van der Waals surface area contributed by atoms with Crippen LogP contribution in [0.1, 0.15) is 5.56 Å². The molecule has 1 aromatic carbocycles. The highest BCUT2D eigenvalue weighted by molar-refractivity contribution is 7.90. The molecule has 98 valence electrons. The first-order valence-corrected chi connectivity index (χ1v) is 7.43. The van der Waals surface area contributed by atoms with E-state index in [0.29, 0.717) is 16.6 Å². The van der Waals surface area contributed by atoms with E-state index in [1.54, 1.807) is 17.6 Å². The van der Waals surface area contributed by atoms with E-state index in [4.69, 9.17) is 5.73 Å². The van der Waals surface area contributed by atoms with Gasteiger partial charge in [0.1, 0.15) is 15.7 Å². The van der Waals surface area contributed by atoms with Crippen LogP contribution in [-0.4, -0.2) is 30.0 Å². The van der Waals surface area contributed by atoms with Gasteiger partial charge in [-0.2, -0.15) is 0 Å². The lowest BCUT2D eigenvalue weighted by atomic mass is 10.2. The van der Waals surface area contributed by atoms with Gasteiger partial charge in [0, 0.05) is 18.9 Å². The zero-order valence-corrected chi connectivity index (χ0v) is 11.0. The van der Waals surface area contributed by atoms with Gasteiger partial charge in [0.25, 0.3) is 0 Å². The van der Waals surface area contributed by atoms with Gasteiger partial charge in [-0.05, 0) is 18.6 Å². The zero-order chi connectivity index (χ0) is 13.5. The molecule has 0 bridgehead atoms. The van der Waals surface area contributed by atoms with Gasteiger partial charge in [-0.3, -0.25) is 0 Å². The number of benzene rings is 1. The second-order valence-corrected chi connectivity index (χ2v) is 6.60. The highest BCUT2D eigenvalue weighted by Gasteiger charge is 2.12. The minimum Gasteiger partial charge on any atom is -0.369 e. The van der Waals surface area contributed by atoms with Gasteiger partial charge in [0.05, 0.1) is 16.8 Å². The Bertz CT molecular complexity index is 707. The predicted molar refractivity (Wildman–Crippen MR) is 68.6 cm³/mol. The van der Waals surface area contributed by atoms with Crippen LogP contribution in [0.4, 0.5) is 10.3 Å². The Morgan fingerprint density at radius 1 is 1.44 bits per heavy atom. The lowest BCUT2D eigenvalue weighted by Crippen LogP contribution is -2.13. The van der Waals surface area contributed by atoms with Crippen molar-refractivity contribution in [3.63, 3.8) is 0 Å². The summed E-state index contributed by atoms with van der Waals surface area (Å²) in [5.41, 5.74) is 7.27. The third-order valence-electron chi connectivity index (χ3n) is 2.74. The fourth-order valence-electron chi connectivity index (χ4n) is 1.76. The maximum atomic E-state index is 13.4. The second kappa shape index (κ2) is 4.24. The van der Waals surface area contributed by atoms with Crippen LogP contribution in [-0.2, 0) is 16.4 Å². The van der Waals surface area contributed by atoms with Gasteiger partial charge in [0.2, 0.25) is 5.95 Å². The van der Waals surface area contributed by atoms with Crippen molar-refractivity contribution in [3.05, 3.63) is 23.5 Å². The maximum Gasteiger partial charge on any atom is 0.201 e. The summed E-state index contributed by atoms with van der Waals surface area (Å²) < 4.78 is 37.3. The van der Waals surface area contributed by atoms with E-state index in [1.165, 1.54) is 6.07 Å². The second-order valence-electron chi connectivity index (χ2n) is 4.34. The molecule has 2 N–H and O–H groups in total. The van der Waals surface area contributed by atoms with Gasteiger partial charge >= 0.3 is 0 Å². The molecule has 2 rings (SSSR count). The summed E-state index contributed by atoms with van der Waals surface area (Å²) in [6, 6.07) is 2.92. The van der Waals surface area contributed by atoms with Crippen molar-refractivity contribution >= 4 is 26.8 Å². The van der Waals surface area contributed by atoms with Crippen LogP contribution >= 0.6 is 0 Å². The number of nitrogens with two attached hydrogens (primary N) is 1. The largest absolute Gasteiger partial charge is 0.369 e. The fourth-order valence-corrected chi connectivity index (χ4v) is 2.28. The molecule has 0 amide bonds. The molecule has 0 fully saturated rings. The Morgan fingerprint density at radius 3 is 2.72 bits per heavy atom. The molecule has 0 aliphatic carbocycles. The highest BCUT2D eigenvalue weighted by atomic mass is 32.2. The van der Waals surface area contributed by atoms with Crippen LogP contribution in [0.5, 0.6) is 0 Å². The molecule has 0 aliphatic rings. The highest BCUT2D eigenvalue weighted by Crippen LogP contribution is 2.21. The van der Waals surface area contributed by atoms with Crippen LogP contribution in [0.25, 0.3) is 11.0 Å². The molecular formula is C11H14FN3O2S. The molecule has 0 aliphatic heterocycles. The SMILES string of the molecule is Cc1cc2c(cc1F)nc(N)n2CCS(C)(=O)=O. The van der Waals surface area contributed by atoms with Crippen molar-refractivity contribution in [2.45, 2.75) is 13.5 Å². The molecule has 7 heteroatoms. The number of sulfone groups is 1. The van der Waals surface area contributed by atoms with Gasteiger partial charge in [-0.25, -0.2) is 17.8 Å². The number of aromatic nitrogens is 2. The molecule has 0 saturated carbocycles. The average molecular weight is 271 g/mol. The van der Waals surface area contributed by atoms with E-state index in [9.17, 15) is 12.8 Å². The van der Waals surface area contributed by atoms with Crippen LogP contribution in [0.2, 0.25) is 0 Å². The number of rotatable bonds is 3. The summed E-state index contributed by atoms with van der Waals surface area (Å²) in [7, 11) is -3.08. The van der Waals surface area contributed by atoms with Gasteiger partial charge < -0.3 is 10.3 Å². The van der Waals surface area contributed by atoms with Crippen LogP contribution in [0, 0.1) is 12.7 Å². The molecule has 5 nitrogen and oxygen atoms in total. The number of fused-ring (bicyclic) bond motifs is 1. The summed E-state index contributed by atoms with van der Waals surface area (Å²) in [4.78, 5) is 4.02. The van der Waals surface area contributed by atoms with Crippen LogP contribution < -0.4 is 5.73 Å². The van der Waals surface area contributed by atoms with E-state index < -0.39 is 9.84 Å². The maximum absolute atomic E-state index is 13.4. The zero-order valence-electron chi connectivity index (χ0n) is 10.1. The lowest BCUT2D eigenvalue weighted by Gasteiger charge is -2.06. The van der Waals surface area contributed by atoms with Gasteiger partial charge in [0.15, 0.2) is 0 Å². The molecule has 1 heterocycles. The van der Waals surface area contributed by atoms with Crippen molar-refractivity contribution in [1.29, 1.82) is 0 Å². The number of nitrogens with zero attached hydrogens (tertiary/aromatic N) is 2.